The van der Waals surface area contributed by atoms with Crippen molar-refractivity contribution >= 4 is 23.1 Å². The largest absolute Gasteiger partial charge is 0.392 e. The summed E-state index contributed by atoms with van der Waals surface area (Å²) in [6, 6.07) is 8.71. The van der Waals surface area contributed by atoms with E-state index in [4.69, 9.17) is 4.74 Å². The van der Waals surface area contributed by atoms with Crippen LogP contribution in [0.2, 0.25) is 0 Å². The van der Waals surface area contributed by atoms with Gasteiger partial charge in [-0.3, -0.25) is 4.79 Å². The highest BCUT2D eigenvalue weighted by Gasteiger charge is 2.39. The third kappa shape index (κ3) is 3.80. The summed E-state index contributed by atoms with van der Waals surface area (Å²) in [5, 5.41) is 19.9. The van der Waals surface area contributed by atoms with Crippen molar-refractivity contribution in [2.45, 2.75) is 31.6 Å². The van der Waals surface area contributed by atoms with Crippen molar-refractivity contribution in [3.8, 4) is 5.69 Å². The smallest absolute Gasteiger partial charge is 0.284 e. The van der Waals surface area contributed by atoms with Crippen molar-refractivity contribution in [1.82, 2.24) is 24.4 Å². The molecule has 1 aromatic carbocycles. The Labute approximate surface area is 197 Å². The van der Waals surface area contributed by atoms with Gasteiger partial charge in [-0.1, -0.05) is 12.1 Å². The minimum absolute atomic E-state index is 0.110. The number of aliphatic hydroxyl groups is 1. The molecule has 2 saturated heterocycles. The number of fused-ring (bicyclic) bond motifs is 3. The quantitative estimate of drug-likeness (QED) is 0.436. The van der Waals surface area contributed by atoms with Gasteiger partial charge >= 0.3 is 0 Å². The summed E-state index contributed by atoms with van der Waals surface area (Å²) in [6.45, 7) is 1.25. The van der Waals surface area contributed by atoms with Crippen LogP contribution in [0, 0.1) is 0 Å². The van der Waals surface area contributed by atoms with Crippen LogP contribution in [0.1, 0.15) is 34.5 Å². The number of aromatic nitrogens is 5. The lowest BCUT2D eigenvalue weighted by atomic mass is 10.2. The maximum Gasteiger partial charge on any atom is 0.284 e. The molecule has 1 unspecified atom stereocenters. The van der Waals surface area contributed by atoms with Gasteiger partial charge in [0.2, 0.25) is 0 Å². The molecule has 2 aliphatic rings. The summed E-state index contributed by atoms with van der Waals surface area (Å²) in [7, 11) is 0. The van der Waals surface area contributed by atoms with Gasteiger partial charge in [-0.05, 0) is 30.2 Å². The molecule has 5 heterocycles. The fourth-order valence-electron chi connectivity index (χ4n) is 4.58. The lowest BCUT2D eigenvalue weighted by molar-refractivity contribution is 0.0988. The molecule has 2 N–H and O–H groups in total. The van der Waals surface area contributed by atoms with Gasteiger partial charge in [0.15, 0.2) is 11.3 Å². The Morgan fingerprint density at radius 2 is 2.09 bits per heavy atom. The third-order valence-electron chi connectivity index (χ3n) is 6.37. The molecule has 3 aromatic heterocycles. The lowest BCUT2D eigenvalue weighted by Crippen LogP contribution is -2.37. The highest BCUT2D eigenvalue weighted by Crippen LogP contribution is 2.32. The Kier molecular flexibility index (Phi) is 5.19. The molecule has 2 bridgehead atoms. The third-order valence-corrected chi connectivity index (χ3v) is 6.37. The highest BCUT2D eigenvalue weighted by molar-refractivity contribution is 6.08. The number of aliphatic hydroxyl groups excluding tert-OH is 1. The number of hydrogen-bond acceptors (Lipinski definition) is 7. The topological polar surface area (TPSA) is 110 Å². The van der Waals surface area contributed by atoms with Crippen molar-refractivity contribution in [3.05, 3.63) is 65.7 Å². The van der Waals surface area contributed by atoms with Crippen LogP contribution in [0.25, 0.3) is 11.3 Å². The number of nitrogens with zero attached hydrogens (tertiary/aromatic N) is 6. The summed E-state index contributed by atoms with van der Waals surface area (Å²) >= 11 is 0. The molecular formula is C23H21F2N7O3. The van der Waals surface area contributed by atoms with E-state index in [0.29, 0.717) is 23.5 Å². The Morgan fingerprint density at radius 1 is 1.26 bits per heavy atom. The van der Waals surface area contributed by atoms with Gasteiger partial charge in [0.05, 0.1) is 49.1 Å². The predicted octanol–water partition coefficient (Wildman–Crippen LogP) is 2.57. The molecule has 0 radical (unpaired) electrons. The fourth-order valence-corrected chi connectivity index (χ4v) is 4.58. The Bertz CT molecular complexity index is 1400. The van der Waals surface area contributed by atoms with Gasteiger partial charge in [0.1, 0.15) is 11.4 Å². The molecule has 1 amide bonds. The number of halogens is 2. The number of rotatable bonds is 6. The minimum Gasteiger partial charge on any atom is -0.392 e. The lowest BCUT2D eigenvalue weighted by Gasteiger charge is -2.27. The van der Waals surface area contributed by atoms with Crippen LogP contribution >= 0.6 is 0 Å². The van der Waals surface area contributed by atoms with Gasteiger partial charge in [-0.15, -0.1) is 0 Å². The zero-order valence-electron chi connectivity index (χ0n) is 18.4. The SMILES string of the molecule is O=C(Nc1cn(-c2ccc(CO)cc2)nc1C(F)F)c1cnn2ccc(N3CC4C[C@@H]3CO4)nc12. The van der Waals surface area contributed by atoms with E-state index in [-0.39, 0.29) is 30.0 Å². The zero-order valence-corrected chi connectivity index (χ0v) is 18.4. The first-order valence-electron chi connectivity index (χ1n) is 11.1. The second-order valence-electron chi connectivity index (χ2n) is 8.56. The molecule has 35 heavy (non-hydrogen) atoms. The van der Waals surface area contributed by atoms with Crippen LogP contribution < -0.4 is 10.2 Å². The number of carbonyl (C=O) groups is 1. The number of anilines is 2. The van der Waals surface area contributed by atoms with Crippen LogP contribution in [-0.2, 0) is 11.3 Å². The van der Waals surface area contributed by atoms with Crippen LogP contribution in [0.15, 0.2) is 48.9 Å². The molecule has 4 aromatic rings. The number of hydrogen-bond donors (Lipinski definition) is 2. The summed E-state index contributed by atoms with van der Waals surface area (Å²) in [4.78, 5) is 19.9. The average molecular weight is 481 g/mol. The van der Waals surface area contributed by atoms with Crippen LogP contribution in [-0.4, -0.2) is 60.7 Å². The number of ether oxygens (including phenoxy) is 1. The fraction of sp³-hybridized carbons (Fsp3) is 0.304. The number of nitrogens with one attached hydrogen (secondary N) is 1. The van der Waals surface area contributed by atoms with Gasteiger partial charge in [0.25, 0.3) is 12.3 Å². The van der Waals surface area contributed by atoms with Crippen molar-refractivity contribution in [3.63, 3.8) is 0 Å². The van der Waals surface area contributed by atoms with Crippen molar-refractivity contribution in [1.29, 1.82) is 0 Å². The van der Waals surface area contributed by atoms with Crippen LogP contribution in [0.5, 0.6) is 0 Å². The summed E-state index contributed by atoms with van der Waals surface area (Å²) in [5.74, 6) is 0.100. The predicted molar refractivity (Wildman–Crippen MR) is 121 cm³/mol. The van der Waals surface area contributed by atoms with E-state index in [2.05, 4.69) is 25.4 Å². The van der Waals surface area contributed by atoms with E-state index >= 15 is 0 Å². The van der Waals surface area contributed by atoms with Crippen molar-refractivity contribution < 1.29 is 23.4 Å². The number of amides is 1. The second kappa shape index (κ2) is 8.40. The zero-order chi connectivity index (χ0) is 24.1. The molecule has 6 rings (SSSR count). The van der Waals surface area contributed by atoms with E-state index in [9.17, 15) is 18.7 Å². The molecule has 0 saturated carbocycles. The van der Waals surface area contributed by atoms with E-state index < -0.39 is 18.0 Å². The number of morpholine rings is 1. The molecule has 0 spiro atoms. The molecule has 0 aliphatic carbocycles. The van der Waals surface area contributed by atoms with Gasteiger partial charge < -0.3 is 20.1 Å². The van der Waals surface area contributed by atoms with Crippen LogP contribution in [0.3, 0.4) is 0 Å². The van der Waals surface area contributed by atoms with E-state index in [0.717, 1.165) is 18.8 Å². The van der Waals surface area contributed by atoms with E-state index in [1.165, 1.54) is 21.6 Å². The number of carbonyl (C=O) groups excluding carboxylic acids is 1. The molecule has 2 fully saturated rings. The van der Waals surface area contributed by atoms with Gasteiger partial charge in [-0.25, -0.2) is 23.0 Å². The molecule has 180 valence electrons. The Hall–Kier alpha value is -3.90. The summed E-state index contributed by atoms with van der Waals surface area (Å²) in [6.07, 6.45) is 2.65. The second-order valence-corrected chi connectivity index (χ2v) is 8.56. The first kappa shape index (κ1) is 21.6. The molecule has 2 aliphatic heterocycles. The molecule has 2 atom stereocenters. The molecule has 12 heteroatoms. The minimum atomic E-state index is -2.90. The van der Waals surface area contributed by atoms with Gasteiger partial charge in [-0.2, -0.15) is 10.2 Å². The van der Waals surface area contributed by atoms with E-state index in [1.807, 2.05) is 6.07 Å². The van der Waals surface area contributed by atoms with Crippen LogP contribution in [0.4, 0.5) is 20.3 Å². The Balaban J connectivity index is 1.29. The molecule has 10 nitrogen and oxygen atoms in total. The maximum absolute atomic E-state index is 13.7. The number of alkyl halides is 2. The normalized spacial score (nSPS) is 19.3. The molecular weight excluding hydrogens is 460 g/mol. The van der Waals surface area contributed by atoms with Crippen molar-refractivity contribution in [2.24, 2.45) is 0 Å². The number of benzene rings is 1. The average Bonchev–Trinajstić information content (AvgIpc) is 3.66. The van der Waals surface area contributed by atoms with Gasteiger partial charge in [0, 0.05) is 12.7 Å². The van der Waals surface area contributed by atoms with Crippen molar-refractivity contribution in [2.75, 3.05) is 23.4 Å². The monoisotopic (exact) mass is 481 g/mol. The Morgan fingerprint density at radius 3 is 2.77 bits per heavy atom. The first-order chi connectivity index (χ1) is 17.0. The first-order valence-corrected chi connectivity index (χ1v) is 11.1. The maximum atomic E-state index is 13.7. The summed E-state index contributed by atoms with van der Waals surface area (Å²) in [5.41, 5.74) is 1.01. The van der Waals surface area contributed by atoms with E-state index in [1.54, 1.807) is 30.5 Å². The summed E-state index contributed by atoms with van der Waals surface area (Å²) < 4.78 is 35.8. The standard InChI is InChI=1S/C23H21F2N7O3/c24-21(25)20-18(10-32(29-20)14-3-1-13(11-33)2-4-14)27-23(34)17-8-26-31-6-5-19(28-22(17)31)30-9-16-7-15(30)12-35-16/h1-6,8,10,15-16,21,33H,7,9,11-12H2,(H,27,34)/t15-,16?/m1/s1. The highest BCUT2D eigenvalue weighted by atomic mass is 19.3.